The van der Waals surface area contributed by atoms with Crippen molar-refractivity contribution in [2.45, 2.75) is 50.7 Å². The largest absolute Gasteiger partial charge is 0.377 e. The Morgan fingerprint density at radius 2 is 1.92 bits per heavy atom. The molecule has 2 unspecified atom stereocenters. The van der Waals surface area contributed by atoms with Crippen LogP contribution in [0, 0.1) is 0 Å². The molecule has 0 saturated carbocycles. The lowest BCUT2D eigenvalue weighted by molar-refractivity contribution is -0.0129. The zero-order chi connectivity index (χ0) is 8.23. The lowest BCUT2D eigenvalue weighted by Gasteiger charge is -2.33. The van der Waals surface area contributed by atoms with E-state index in [-0.39, 0.29) is 0 Å². The molecule has 0 aromatic rings. The molecule has 2 aliphatic rings. The average Bonchev–Trinajstić information content (AvgIpc) is 2.21. The van der Waals surface area contributed by atoms with Gasteiger partial charge in [-0.2, -0.15) is 0 Å². The second-order valence-electron chi connectivity index (χ2n) is 3.96. The summed E-state index contributed by atoms with van der Waals surface area (Å²) in [6.45, 7) is 2.19. The summed E-state index contributed by atoms with van der Waals surface area (Å²) in [7, 11) is 0. The molecule has 1 N–H and O–H groups in total. The summed E-state index contributed by atoms with van der Waals surface area (Å²) in [4.78, 5) is 0. The van der Waals surface area contributed by atoms with Crippen molar-refractivity contribution >= 4 is 0 Å². The highest BCUT2D eigenvalue weighted by Crippen LogP contribution is 2.20. The topological polar surface area (TPSA) is 21.3 Å². The van der Waals surface area contributed by atoms with Crippen LogP contribution in [0.4, 0.5) is 0 Å². The Balaban J connectivity index is 1.80. The van der Waals surface area contributed by atoms with Crippen molar-refractivity contribution < 1.29 is 4.74 Å². The predicted molar refractivity (Wildman–Crippen MR) is 49.2 cm³/mol. The van der Waals surface area contributed by atoms with E-state index in [9.17, 15) is 0 Å². The fourth-order valence-corrected chi connectivity index (χ4v) is 2.28. The molecule has 0 amide bonds. The van der Waals surface area contributed by atoms with Crippen LogP contribution in [-0.4, -0.2) is 25.3 Å². The molecule has 70 valence electrons. The van der Waals surface area contributed by atoms with Crippen LogP contribution in [0.1, 0.15) is 38.5 Å². The summed E-state index contributed by atoms with van der Waals surface area (Å²) in [5.41, 5.74) is 0. The lowest BCUT2D eigenvalue weighted by Crippen LogP contribution is -2.45. The smallest absolute Gasteiger partial charge is 0.0728 e. The molecule has 2 saturated heterocycles. The maximum atomic E-state index is 5.75. The molecule has 2 heterocycles. The number of hydrogen-bond acceptors (Lipinski definition) is 2. The van der Waals surface area contributed by atoms with Gasteiger partial charge in [-0.15, -0.1) is 0 Å². The van der Waals surface area contributed by atoms with Gasteiger partial charge in [0.05, 0.1) is 6.10 Å². The number of hydrogen-bond donors (Lipinski definition) is 1. The molecule has 0 aromatic heterocycles. The Morgan fingerprint density at radius 1 is 1.00 bits per heavy atom. The Labute approximate surface area is 74.7 Å². The van der Waals surface area contributed by atoms with Crippen LogP contribution in [0.5, 0.6) is 0 Å². The second-order valence-corrected chi connectivity index (χ2v) is 3.96. The van der Waals surface area contributed by atoms with E-state index in [0.717, 1.165) is 6.61 Å². The molecule has 0 radical (unpaired) electrons. The molecule has 0 bridgehead atoms. The zero-order valence-corrected chi connectivity index (χ0v) is 7.72. The van der Waals surface area contributed by atoms with Crippen LogP contribution in [0.3, 0.4) is 0 Å². The van der Waals surface area contributed by atoms with Gasteiger partial charge in [-0.1, -0.05) is 6.42 Å². The van der Waals surface area contributed by atoms with E-state index in [0.29, 0.717) is 12.1 Å². The second kappa shape index (κ2) is 4.24. The Kier molecular flexibility index (Phi) is 3.01. The third-order valence-corrected chi connectivity index (χ3v) is 3.01. The van der Waals surface area contributed by atoms with Crippen LogP contribution in [0.25, 0.3) is 0 Å². The number of piperidine rings is 1. The standard InChI is InChI=1S/C10H19NO/c1-3-7-11-9(5-1)10-6-2-4-8-12-10/h9-11H,1-8H2. The first-order valence-electron chi connectivity index (χ1n) is 5.32. The normalized spacial score (nSPS) is 38.0. The van der Waals surface area contributed by atoms with E-state index in [1.807, 2.05) is 0 Å². The number of rotatable bonds is 1. The van der Waals surface area contributed by atoms with Gasteiger partial charge < -0.3 is 10.1 Å². The summed E-state index contributed by atoms with van der Waals surface area (Å²) in [5.74, 6) is 0. The third kappa shape index (κ3) is 1.99. The van der Waals surface area contributed by atoms with Crippen molar-refractivity contribution in [2.24, 2.45) is 0 Å². The monoisotopic (exact) mass is 169 g/mol. The summed E-state index contributed by atoms with van der Waals surface area (Å²) in [5, 5.41) is 3.56. The van der Waals surface area contributed by atoms with E-state index in [1.165, 1.54) is 45.1 Å². The first-order chi connectivity index (χ1) is 5.97. The van der Waals surface area contributed by atoms with Gasteiger partial charge in [-0.3, -0.25) is 0 Å². The summed E-state index contributed by atoms with van der Waals surface area (Å²) in [6.07, 6.45) is 8.49. The molecular formula is C10H19NO. The van der Waals surface area contributed by atoms with Crippen LogP contribution in [0.2, 0.25) is 0 Å². The minimum atomic E-state index is 0.527. The van der Waals surface area contributed by atoms with E-state index in [2.05, 4.69) is 5.32 Å². The van der Waals surface area contributed by atoms with Gasteiger partial charge in [0.15, 0.2) is 0 Å². The summed E-state index contributed by atoms with van der Waals surface area (Å²) < 4.78 is 5.75. The van der Waals surface area contributed by atoms with Crippen molar-refractivity contribution in [3.63, 3.8) is 0 Å². The van der Waals surface area contributed by atoms with Crippen LogP contribution in [0.15, 0.2) is 0 Å². The molecule has 0 spiro atoms. The van der Waals surface area contributed by atoms with Crippen molar-refractivity contribution in [3.05, 3.63) is 0 Å². The minimum Gasteiger partial charge on any atom is -0.377 e. The molecular weight excluding hydrogens is 150 g/mol. The van der Waals surface area contributed by atoms with Gasteiger partial charge in [0.2, 0.25) is 0 Å². The SMILES string of the molecule is C1CCC(C2CCCCO2)NC1. The maximum absolute atomic E-state index is 5.75. The van der Waals surface area contributed by atoms with E-state index < -0.39 is 0 Å². The van der Waals surface area contributed by atoms with Gasteiger partial charge >= 0.3 is 0 Å². The van der Waals surface area contributed by atoms with E-state index in [1.54, 1.807) is 0 Å². The molecule has 2 rings (SSSR count). The highest BCUT2D eigenvalue weighted by Gasteiger charge is 2.25. The quantitative estimate of drug-likeness (QED) is 0.645. The van der Waals surface area contributed by atoms with Gasteiger partial charge in [0, 0.05) is 12.6 Å². The fraction of sp³-hybridized carbons (Fsp3) is 1.00. The predicted octanol–water partition coefficient (Wildman–Crippen LogP) is 1.70. The van der Waals surface area contributed by atoms with Gasteiger partial charge in [-0.25, -0.2) is 0 Å². The zero-order valence-electron chi connectivity index (χ0n) is 7.72. The van der Waals surface area contributed by atoms with Gasteiger partial charge in [-0.05, 0) is 38.6 Å². The highest BCUT2D eigenvalue weighted by molar-refractivity contribution is 4.82. The Morgan fingerprint density at radius 3 is 2.58 bits per heavy atom. The molecule has 2 heteroatoms. The first-order valence-corrected chi connectivity index (χ1v) is 5.32. The van der Waals surface area contributed by atoms with Crippen molar-refractivity contribution in [3.8, 4) is 0 Å². The van der Waals surface area contributed by atoms with E-state index in [4.69, 9.17) is 4.74 Å². The average molecular weight is 169 g/mol. The Bertz CT molecular complexity index is 110. The highest BCUT2D eigenvalue weighted by atomic mass is 16.5. The third-order valence-electron chi connectivity index (χ3n) is 3.01. The van der Waals surface area contributed by atoms with Crippen LogP contribution >= 0.6 is 0 Å². The van der Waals surface area contributed by atoms with Crippen LogP contribution < -0.4 is 5.32 Å². The fourth-order valence-electron chi connectivity index (χ4n) is 2.28. The molecule has 2 nitrogen and oxygen atoms in total. The van der Waals surface area contributed by atoms with Crippen molar-refractivity contribution in [2.75, 3.05) is 13.2 Å². The summed E-state index contributed by atoms with van der Waals surface area (Å²) >= 11 is 0. The summed E-state index contributed by atoms with van der Waals surface area (Å²) in [6, 6.07) is 0.666. The molecule has 2 fully saturated rings. The first kappa shape index (κ1) is 8.52. The molecule has 0 aromatic carbocycles. The van der Waals surface area contributed by atoms with Crippen LogP contribution in [-0.2, 0) is 4.74 Å². The van der Waals surface area contributed by atoms with Crippen molar-refractivity contribution in [1.29, 1.82) is 0 Å². The molecule has 12 heavy (non-hydrogen) atoms. The molecule has 2 aliphatic heterocycles. The van der Waals surface area contributed by atoms with E-state index >= 15 is 0 Å². The lowest BCUT2D eigenvalue weighted by atomic mass is 9.95. The minimum absolute atomic E-state index is 0.527. The maximum Gasteiger partial charge on any atom is 0.0728 e. The number of ether oxygens (including phenoxy) is 1. The molecule has 0 aliphatic carbocycles. The molecule has 2 atom stereocenters. The van der Waals surface area contributed by atoms with Crippen molar-refractivity contribution in [1.82, 2.24) is 5.32 Å². The van der Waals surface area contributed by atoms with Gasteiger partial charge in [0.25, 0.3) is 0 Å². The Hall–Kier alpha value is -0.0800. The number of nitrogens with one attached hydrogen (secondary N) is 1. The van der Waals surface area contributed by atoms with Gasteiger partial charge in [0.1, 0.15) is 0 Å².